The Labute approximate surface area is 156 Å². The largest absolute Gasteiger partial charge is 0.497 e. The second kappa shape index (κ2) is 6.06. The van der Waals surface area contributed by atoms with Gasteiger partial charge in [-0.3, -0.25) is 4.79 Å². The van der Waals surface area contributed by atoms with Gasteiger partial charge < -0.3 is 18.9 Å². The molecule has 0 saturated heterocycles. The topological polar surface area (TPSA) is 54.0 Å². The van der Waals surface area contributed by atoms with Crippen LogP contribution in [0.2, 0.25) is 0 Å². The number of ketones is 1. The van der Waals surface area contributed by atoms with Crippen molar-refractivity contribution in [3.8, 4) is 34.1 Å². The van der Waals surface area contributed by atoms with E-state index in [0.717, 1.165) is 22.4 Å². The molecule has 5 rings (SSSR count). The molecule has 2 heterocycles. The number of benzene rings is 3. The summed E-state index contributed by atoms with van der Waals surface area (Å²) in [7, 11) is 1.64. The van der Waals surface area contributed by atoms with Gasteiger partial charge in [-0.05, 0) is 35.4 Å². The van der Waals surface area contributed by atoms with Crippen molar-refractivity contribution in [2.24, 2.45) is 0 Å². The van der Waals surface area contributed by atoms with E-state index in [1.54, 1.807) is 19.2 Å². The number of ether oxygens (including phenoxy) is 4. The third-order valence-corrected chi connectivity index (χ3v) is 4.88. The molecule has 2 aliphatic heterocycles. The summed E-state index contributed by atoms with van der Waals surface area (Å²) in [5.74, 6) is 2.41. The highest BCUT2D eigenvalue weighted by Crippen LogP contribution is 2.41. The first-order chi connectivity index (χ1) is 13.2. The van der Waals surface area contributed by atoms with Crippen molar-refractivity contribution < 1.29 is 23.7 Å². The van der Waals surface area contributed by atoms with Gasteiger partial charge in [-0.25, -0.2) is 0 Å². The molecular formula is C22H16O5. The minimum absolute atomic E-state index is 0.0776. The van der Waals surface area contributed by atoms with Crippen LogP contribution >= 0.6 is 0 Å². The molecular weight excluding hydrogens is 344 g/mol. The summed E-state index contributed by atoms with van der Waals surface area (Å²) in [4.78, 5) is 13.2. The summed E-state index contributed by atoms with van der Waals surface area (Å²) >= 11 is 0. The third kappa shape index (κ3) is 2.59. The van der Waals surface area contributed by atoms with Gasteiger partial charge >= 0.3 is 0 Å². The van der Waals surface area contributed by atoms with Gasteiger partial charge in [0, 0.05) is 17.2 Å². The molecule has 0 aromatic heterocycles. The Morgan fingerprint density at radius 3 is 2.30 bits per heavy atom. The van der Waals surface area contributed by atoms with E-state index < -0.39 is 0 Å². The monoisotopic (exact) mass is 360 g/mol. The van der Waals surface area contributed by atoms with Crippen molar-refractivity contribution in [1.82, 2.24) is 0 Å². The predicted molar refractivity (Wildman–Crippen MR) is 98.8 cm³/mol. The van der Waals surface area contributed by atoms with Crippen molar-refractivity contribution in [3.05, 3.63) is 71.3 Å². The lowest BCUT2D eigenvalue weighted by molar-refractivity contribution is 0.103. The summed E-state index contributed by atoms with van der Waals surface area (Å²) in [5.41, 5.74) is 3.97. The van der Waals surface area contributed by atoms with Gasteiger partial charge in [0.1, 0.15) is 18.1 Å². The first kappa shape index (κ1) is 15.8. The van der Waals surface area contributed by atoms with Crippen molar-refractivity contribution in [2.75, 3.05) is 13.9 Å². The highest BCUT2D eigenvalue weighted by molar-refractivity contribution is 6.13. The quantitative estimate of drug-likeness (QED) is 0.685. The summed E-state index contributed by atoms with van der Waals surface area (Å²) in [6, 6.07) is 17.1. The molecule has 134 valence electrons. The molecule has 0 aliphatic carbocycles. The van der Waals surface area contributed by atoms with Crippen LogP contribution in [0.3, 0.4) is 0 Å². The van der Waals surface area contributed by atoms with Crippen LogP contribution in [-0.2, 0) is 6.61 Å². The SMILES string of the molecule is COc1ccc(-c2ccc3c(c2)C(=O)c2cc4c(cc2OC3)OCO4)cc1. The lowest BCUT2D eigenvalue weighted by atomic mass is 9.94. The number of methoxy groups -OCH3 is 1. The maximum Gasteiger partial charge on any atom is 0.231 e. The molecule has 0 bridgehead atoms. The highest BCUT2D eigenvalue weighted by atomic mass is 16.7. The van der Waals surface area contributed by atoms with Gasteiger partial charge in [-0.1, -0.05) is 24.3 Å². The third-order valence-electron chi connectivity index (χ3n) is 4.88. The molecule has 0 spiro atoms. The Hall–Kier alpha value is -3.47. The minimum atomic E-state index is -0.0776. The Morgan fingerprint density at radius 2 is 1.52 bits per heavy atom. The fourth-order valence-corrected chi connectivity index (χ4v) is 3.40. The molecule has 27 heavy (non-hydrogen) atoms. The van der Waals surface area contributed by atoms with E-state index in [0.29, 0.717) is 35.0 Å². The summed E-state index contributed by atoms with van der Waals surface area (Å²) in [6.07, 6.45) is 0. The van der Waals surface area contributed by atoms with Crippen molar-refractivity contribution in [1.29, 1.82) is 0 Å². The first-order valence-electron chi connectivity index (χ1n) is 8.61. The zero-order valence-corrected chi connectivity index (χ0v) is 14.7. The molecule has 0 unspecified atom stereocenters. The zero-order valence-electron chi connectivity index (χ0n) is 14.7. The van der Waals surface area contributed by atoms with E-state index in [4.69, 9.17) is 18.9 Å². The van der Waals surface area contributed by atoms with E-state index >= 15 is 0 Å². The number of fused-ring (bicyclic) bond motifs is 3. The van der Waals surface area contributed by atoms with Gasteiger partial charge in [0.05, 0.1) is 12.7 Å². The number of hydrogen-bond donors (Lipinski definition) is 0. The van der Waals surface area contributed by atoms with Crippen molar-refractivity contribution in [3.63, 3.8) is 0 Å². The van der Waals surface area contributed by atoms with E-state index in [9.17, 15) is 4.79 Å². The van der Waals surface area contributed by atoms with Gasteiger partial charge in [-0.15, -0.1) is 0 Å². The number of carbonyl (C=O) groups is 1. The van der Waals surface area contributed by atoms with E-state index in [-0.39, 0.29) is 12.6 Å². The highest BCUT2D eigenvalue weighted by Gasteiger charge is 2.27. The first-order valence-corrected chi connectivity index (χ1v) is 8.61. The molecule has 0 radical (unpaired) electrons. The number of hydrogen-bond acceptors (Lipinski definition) is 5. The Kier molecular flexibility index (Phi) is 3.53. The van der Waals surface area contributed by atoms with Crippen LogP contribution in [0.15, 0.2) is 54.6 Å². The van der Waals surface area contributed by atoms with Gasteiger partial charge in [0.25, 0.3) is 0 Å². The average Bonchev–Trinajstić information content (AvgIpc) is 3.13. The Balaban J connectivity index is 1.58. The normalized spacial score (nSPS) is 14.0. The Bertz CT molecular complexity index is 1050. The van der Waals surface area contributed by atoms with Crippen LogP contribution < -0.4 is 18.9 Å². The molecule has 3 aromatic rings. The summed E-state index contributed by atoms with van der Waals surface area (Å²) in [5, 5.41) is 0. The summed E-state index contributed by atoms with van der Waals surface area (Å²) in [6.45, 7) is 0.487. The minimum Gasteiger partial charge on any atom is -0.497 e. The van der Waals surface area contributed by atoms with Crippen LogP contribution in [0.1, 0.15) is 21.5 Å². The maximum atomic E-state index is 13.2. The van der Waals surface area contributed by atoms with Gasteiger partial charge in [-0.2, -0.15) is 0 Å². The standard InChI is InChI=1S/C22H16O5/c1-24-16-6-4-13(5-7-16)14-2-3-15-11-25-19-10-21-20(26-12-27-21)9-18(19)22(23)17(15)8-14/h2-10H,11-12H2,1H3. The van der Waals surface area contributed by atoms with Crippen molar-refractivity contribution in [2.45, 2.75) is 6.61 Å². The predicted octanol–water partition coefficient (Wildman–Crippen LogP) is 4.21. The fraction of sp³-hybridized carbons (Fsp3) is 0.136. The molecule has 0 amide bonds. The van der Waals surface area contributed by atoms with Crippen LogP contribution in [0.5, 0.6) is 23.0 Å². The zero-order chi connectivity index (χ0) is 18.4. The van der Waals surface area contributed by atoms with E-state index in [1.807, 2.05) is 42.5 Å². The molecule has 0 N–H and O–H groups in total. The lowest BCUT2D eigenvalue weighted by Gasteiger charge is -2.09. The average molecular weight is 360 g/mol. The molecule has 5 nitrogen and oxygen atoms in total. The van der Waals surface area contributed by atoms with Gasteiger partial charge in [0.2, 0.25) is 6.79 Å². The fourth-order valence-electron chi connectivity index (χ4n) is 3.40. The van der Waals surface area contributed by atoms with Crippen LogP contribution in [0, 0.1) is 0 Å². The summed E-state index contributed by atoms with van der Waals surface area (Å²) < 4.78 is 21.9. The molecule has 0 fully saturated rings. The van der Waals surface area contributed by atoms with Gasteiger partial charge in [0.15, 0.2) is 17.3 Å². The molecule has 0 atom stereocenters. The van der Waals surface area contributed by atoms with Crippen LogP contribution in [0.4, 0.5) is 0 Å². The van der Waals surface area contributed by atoms with Crippen molar-refractivity contribution >= 4 is 5.78 Å². The number of rotatable bonds is 2. The van der Waals surface area contributed by atoms with Crippen LogP contribution in [0.25, 0.3) is 11.1 Å². The second-order valence-corrected chi connectivity index (χ2v) is 6.42. The smallest absolute Gasteiger partial charge is 0.231 e. The van der Waals surface area contributed by atoms with E-state index in [2.05, 4.69) is 0 Å². The number of carbonyl (C=O) groups excluding carboxylic acids is 1. The lowest BCUT2D eigenvalue weighted by Crippen LogP contribution is -2.03. The Morgan fingerprint density at radius 1 is 0.778 bits per heavy atom. The second-order valence-electron chi connectivity index (χ2n) is 6.42. The maximum absolute atomic E-state index is 13.2. The molecule has 2 aliphatic rings. The molecule has 0 saturated carbocycles. The van der Waals surface area contributed by atoms with Crippen LogP contribution in [-0.4, -0.2) is 19.7 Å². The van der Waals surface area contributed by atoms with E-state index in [1.165, 1.54) is 0 Å². The molecule has 5 heteroatoms. The molecule has 3 aromatic carbocycles.